The fraction of sp³-hybridized carbons (Fsp3) is 0.312. The molecule has 2 aromatic rings. The molecule has 0 amide bonds. The highest BCUT2D eigenvalue weighted by Crippen LogP contribution is 2.22. The van der Waals surface area contributed by atoms with Gasteiger partial charge >= 0.3 is 0 Å². The molecule has 1 aromatic carbocycles. The van der Waals surface area contributed by atoms with Gasteiger partial charge in [-0.3, -0.25) is 10.1 Å². The topological polar surface area (TPSA) is 71.3 Å². The average Bonchev–Trinajstić information content (AvgIpc) is 2.56. The molecular formula is C16H18N4O2. The van der Waals surface area contributed by atoms with Crippen LogP contribution in [0.1, 0.15) is 12.8 Å². The molecule has 1 aliphatic heterocycles. The number of para-hydroxylation sites is 1. The monoisotopic (exact) mass is 298 g/mol. The van der Waals surface area contributed by atoms with Crippen molar-refractivity contribution >= 4 is 17.2 Å². The van der Waals surface area contributed by atoms with Gasteiger partial charge < -0.3 is 10.2 Å². The van der Waals surface area contributed by atoms with Gasteiger partial charge in [0.2, 0.25) is 0 Å². The Hall–Kier alpha value is -2.63. The van der Waals surface area contributed by atoms with Crippen LogP contribution in [0.5, 0.6) is 0 Å². The fourth-order valence-electron chi connectivity index (χ4n) is 2.75. The molecule has 1 fully saturated rings. The normalized spacial score (nSPS) is 18.0. The maximum absolute atomic E-state index is 10.7. The number of pyridine rings is 1. The zero-order chi connectivity index (χ0) is 15.4. The van der Waals surface area contributed by atoms with E-state index in [-0.39, 0.29) is 5.69 Å². The minimum atomic E-state index is -0.424. The Balaban J connectivity index is 1.66. The summed E-state index contributed by atoms with van der Waals surface area (Å²) in [4.78, 5) is 16.7. The van der Waals surface area contributed by atoms with Crippen LogP contribution in [-0.2, 0) is 0 Å². The summed E-state index contributed by atoms with van der Waals surface area (Å²) in [6.45, 7) is 1.78. The van der Waals surface area contributed by atoms with Crippen molar-refractivity contribution < 1.29 is 4.92 Å². The Labute approximate surface area is 128 Å². The predicted octanol–water partition coefficient (Wildman–Crippen LogP) is 3.07. The maximum atomic E-state index is 10.7. The fourth-order valence-corrected chi connectivity index (χ4v) is 2.75. The van der Waals surface area contributed by atoms with Crippen LogP contribution in [0.4, 0.5) is 17.2 Å². The number of nitrogens with one attached hydrogen (secondary N) is 1. The van der Waals surface area contributed by atoms with Crippen molar-refractivity contribution in [2.75, 3.05) is 23.3 Å². The Morgan fingerprint density at radius 3 is 2.73 bits per heavy atom. The molecular weight excluding hydrogens is 280 g/mol. The molecule has 2 heterocycles. The third-order valence-corrected chi connectivity index (χ3v) is 3.83. The molecule has 1 unspecified atom stereocenters. The zero-order valence-corrected chi connectivity index (χ0v) is 12.2. The van der Waals surface area contributed by atoms with E-state index in [1.54, 1.807) is 6.07 Å². The van der Waals surface area contributed by atoms with E-state index in [4.69, 9.17) is 0 Å². The van der Waals surface area contributed by atoms with Crippen LogP contribution in [0.15, 0.2) is 48.7 Å². The molecule has 1 N–H and O–H groups in total. The molecule has 0 radical (unpaired) electrons. The first-order valence-electron chi connectivity index (χ1n) is 7.39. The third kappa shape index (κ3) is 3.33. The molecule has 114 valence electrons. The number of anilines is 2. The number of nitrogens with zero attached hydrogens (tertiary/aromatic N) is 3. The van der Waals surface area contributed by atoms with Crippen LogP contribution >= 0.6 is 0 Å². The number of benzene rings is 1. The second kappa shape index (κ2) is 6.43. The summed E-state index contributed by atoms with van der Waals surface area (Å²) < 4.78 is 0. The van der Waals surface area contributed by atoms with Gasteiger partial charge in [0.15, 0.2) is 0 Å². The highest BCUT2D eigenvalue weighted by atomic mass is 16.6. The Morgan fingerprint density at radius 2 is 2.05 bits per heavy atom. The first-order valence-corrected chi connectivity index (χ1v) is 7.39. The molecule has 1 aliphatic rings. The molecule has 6 heteroatoms. The highest BCUT2D eigenvalue weighted by Gasteiger charge is 2.21. The lowest BCUT2D eigenvalue weighted by atomic mass is 10.1. The second-order valence-corrected chi connectivity index (χ2v) is 5.43. The Morgan fingerprint density at radius 1 is 1.23 bits per heavy atom. The largest absolute Gasteiger partial charge is 0.381 e. The third-order valence-electron chi connectivity index (χ3n) is 3.83. The van der Waals surface area contributed by atoms with Crippen LogP contribution in [0, 0.1) is 10.1 Å². The number of hydrogen-bond donors (Lipinski definition) is 1. The van der Waals surface area contributed by atoms with E-state index >= 15 is 0 Å². The number of piperidine rings is 1. The second-order valence-electron chi connectivity index (χ2n) is 5.43. The number of rotatable bonds is 4. The SMILES string of the molecule is O=[N+]([O-])c1ccc(N2CCCC(Nc3ccccc3)C2)nc1. The summed E-state index contributed by atoms with van der Waals surface area (Å²) in [5.74, 6) is 0.796. The first kappa shape index (κ1) is 14.3. The molecule has 1 aromatic heterocycles. The van der Waals surface area contributed by atoms with Gasteiger partial charge in [-0.25, -0.2) is 4.98 Å². The van der Waals surface area contributed by atoms with Gasteiger partial charge in [0.1, 0.15) is 12.0 Å². The van der Waals surface area contributed by atoms with Crippen LogP contribution in [-0.4, -0.2) is 29.0 Å². The molecule has 1 saturated heterocycles. The van der Waals surface area contributed by atoms with E-state index in [1.165, 1.54) is 12.3 Å². The van der Waals surface area contributed by atoms with E-state index in [0.29, 0.717) is 6.04 Å². The molecule has 0 aliphatic carbocycles. The van der Waals surface area contributed by atoms with Crippen molar-refractivity contribution in [3.63, 3.8) is 0 Å². The summed E-state index contributed by atoms with van der Waals surface area (Å²) in [7, 11) is 0. The first-order chi connectivity index (χ1) is 10.7. The van der Waals surface area contributed by atoms with E-state index < -0.39 is 4.92 Å². The average molecular weight is 298 g/mol. The quantitative estimate of drug-likeness (QED) is 0.694. The van der Waals surface area contributed by atoms with Crippen molar-refractivity contribution in [1.82, 2.24) is 4.98 Å². The summed E-state index contributed by atoms with van der Waals surface area (Å²) in [5.41, 5.74) is 1.14. The molecule has 0 saturated carbocycles. The smallest absolute Gasteiger partial charge is 0.287 e. The van der Waals surface area contributed by atoms with Gasteiger partial charge in [-0.05, 0) is 31.0 Å². The van der Waals surface area contributed by atoms with Gasteiger partial charge in [-0.2, -0.15) is 0 Å². The molecule has 3 rings (SSSR count). The van der Waals surface area contributed by atoms with Gasteiger partial charge in [0.05, 0.1) is 4.92 Å². The Bertz CT molecular complexity index is 630. The minimum absolute atomic E-state index is 0.0275. The van der Waals surface area contributed by atoms with Crippen LogP contribution in [0.3, 0.4) is 0 Å². The number of aromatic nitrogens is 1. The van der Waals surface area contributed by atoms with E-state index in [2.05, 4.69) is 27.3 Å². The van der Waals surface area contributed by atoms with Crippen LogP contribution in [0.2, 0.25) is 0 Å². The maximum Gasteiger partial charge on any atom is 0.287 e. The van der Waals surface area contributed by atoms with Crippen LogP contribution < -0.4 is 10.2 Å². The van der Waals surface area contributed by atoms with Crippen molar-refractivity contribution in [2.45, 2.75) is 18.9 Å². The summed E-state index contributed by atoms with van der Waals surface area (Å²) >= 11 is 0. The van der Waals surface area contributed by atoms with Gasteiger partial charge in [-0.1, -0.05) is 18.2 Å². The van der Waals surface area contributed by atoms with E-state index in [0.717, 1.165) is 37.4 Å². The molecule has 0 spiro atoms. The van der Waals surface area contributed by atoms with Crippen molar-refractivity contribution in [1.29, 1.82) is 0 Å². The van der Waals surface area contributed by atoms with Crippen molar-refractivity contribution in [3.8, 4) is 0 Å². The minimum Gasteiger partial charge on any atom is -0.381 e. The summed E-state index contributed by atoms with van der Waals surface area (Å²) in [6.07, 6.45) is 3.51. The predicted molar refractivity (Wildman–Crippen MR) is 86.2 cm³/mol. The van der Waals surface area contributed by atoms with Crippen LogP contribution in [0.25, 0.3) is 0 Å². The van der Waals surface area contributed by atoms with Crippen molar-refractivity contribution in [2.24, 2.45) is 0 Å². The molecule has 0 bridgehead atoms. The summed E-state index contributed by atoms with van der Waals surface area (Å²) in [5, 5.41) is 14.2. The molecule has 6 nitrogen and oxygen atoms in total. The number of hydrogen-bond acceptors (Lipinski definition) is 5. The highest BCUT2D eigenvalue weighted by molar-refractivity contribution is 5.47. The van der Waals surface area contributed by atoms with Gasteiger partial charge in [0, 0.05) is 30.9 Å². The standard InChI is InChI=1S/C16H18N4O2/c21-20(22)15-8-9-16(17-11-15)19-10-4-7-14(12-19)18-13-5-2-1-3-6-13/h1-3,5-6,8-9,11,14,18H,4,7,10,12H2. The number of nitro groups is 1. The Kier molecular flexibility index (Phi) is 4.18. The van der Waals surface area contributed by atoms with Gasteiger partial charge in [0.25, 0.3) is 5.69 Å². The van der Waals surface area contributed by atoms with E-state index in [9.17, 15) is 10.1 Å². The van der Waals surface area contributed by atoms with E-state index in [1.807, 2.05) is 18.2 Å². The lowest BCUT2D eigenvalue weighted by Gasteiger charge is -2.34. The molecule has 22 heavy (non-hydrogen) atoms. The van der Waals surface area contributed by atoms with Gasteiger partial charge in [-0.15, -0.1) is 0 Å². The lowest BCUT2D eigenvalue weighted by Crippen LogP contribution is -2.42. The van der Waals surface area contributed by atoms with Crippen molar-refractivity contribution in [3.05, 3.63) is 58.8 Å². The lowest BCUT2D eigenvalue weighted by molar-refractivity contribution is -0.385. The molecule has 1 atom stereocenters. The summed E-state index contributed by atoms with van der Waals surface area (Å²) in [6, 6.07) is 13.7. The zero-order valence-electron chi connectivity index (χ0n) is 12.2.